The van der Waals surface area contributed by atoms with Crippen LogP contribution in [0.25, 0.3) is 10.9 Å². The molecule has 1 amide bonds. The smallest absolute Gasteiger partial charge is 0.274 e. The Bertz CT molecular complexity index is 882. The largest absolute Gasteiger partial charge is 0.494 e. The summed E-state index contributed by atoms with van der Waals surface area (Å²) in [6.45, 7) is 3.32. The molecule has 0 aliphatic carbocycles. The van der Waals surface area contributed by atoms with Crippen LogP contribution in [0.4, 0.5) is 5.69 Å². The monoisotopic (exact) mass is 306 g/mol. The van der Waals surface area contributed by atoms with Crippen LogP contribution in [0.15, 0.2) is 48.5 Å². The molecule has 4 heteroatoms. The van der Waals surface area contributed by atoms with E-state index in [1.165, 1.54) is 5.56 Å². The topological polar surface area (TPSA) is 45.3 Å². The molecule has 2 heterocycles. The van der Waals surface area contributed by atoms with Crippen molar-refractivity contribution in [3.8, 4) is 5.75 Å². The van der Waals surface area contributed by atoms with Gasteiger partial charge in [-0.2, -0.15) is 0 Å². The molecule has 0 unspecified atom stereocenters. The zero-order valence-electron chi connectivity index (χ0n) is 13.0. The van der Waals surface area contributed by atoms with Crippen LogP contribution in [-0.4, -0.2) is 24.0 Å². The number of fused-ring (bicyclic) bond motifs is 2. The van der Waals surface area contributed by atoms with Gasteiger partial charge in [0.05, 0.1) is 6.61 Å². The maximum atomic E-state index is 12.9. The van der Waals surface area contributed by atoms with E-state index < -0.39 is 0 Å². The van der Waals surface area contributed by atoms with Crippen LogP contribution in [0.2, 0.25) is 0 Å². The number of benzene rings is 2. The number of aromatic amines is 1. The van der Waals surface area contributed by atoms with Crippen molar-refractivity contribution in [2.24, 2.45) is 0 Å². The molecular weight excluding hydrogens is 288 g/mol. The fourth-order valence-corrected chi connectivity index (χ4v) is 3.17. The lowest BCUT2D eigenvalue weighted by Crippen LogP contribution is -2.29. The first-order valence-corrected chi connectivity index (χ1v) is 7.91. The van der Waals surface area contributed by atoms with Crippen molar-refractivity contribution in [2.45, 2.75) is 13.3 Å². The van der Waals surface area contributed by atoms with Crippen molar-refractivity contribution >= 4 is 22.5 Å². The van der Waals surface area contributed by atoms with Crippen molar-refractivity contribution < 1.29 is 9.53 Å². The Labute approximate surface area is 134 Å². The molecule has 116 valence electrons. The Hall–Kier alpha value is -2.75. The zero-order chi connectivity index (χ0) is 15.8. The third-order valence-electron chi connectivity index (χ3n) is 4.27. The van der Waals surface area contributed by atoms with E-state index in [1.807, 2.05) is 54.3 Å². The Balaban J connectivity index is 1.68. The molecular formula is C19H18N2O2. The van der Waals surface area contributed by atoms with Gasteiger partial charge < -0.3 is 14.6 Å². The lowest BCUT2D eigenvalue weighted by atomic mass is 10.2. The van der Waals surface area contributed by atoms with Gasteiger partial charge in [0.1, 0.15) is 11.4 Å². The molecule has 4 nitrogen and oxygen atoms in total. The molecule has 0 spiro atoms. The van der Waals surface area contributed by atoms with E-state index in [0.717, 1.165) is 35.3 Å². The predicted octanol–water partition coefficient (Wildman–Crippen LogP) is 3.77. The summed E-state index contributed by atoms with van der Waals surface area (Å²) in [5.41, 5.74) is 3.79. The average molecular weight is 306 g/mol. The number of rotatable bonds is 3. The molecule has 0 fully saturated rings. The first-order valence-electron chi connectivity index (χ1n) is 7.91. The first-order chi connectivity index (χ1) is 11.3. The highest BCUT2D eigenvalue weighted by atomic mass is 16.5. The molecule has 0 saturated heterocycles. The normalized spacial score (nSPS) is 13.3. The summed E-state index contributed by atoms with van der Waals surface area (Å²) < 4.78 is 5.51. The number of para-hydroxylation sites is 1. The summed E-state index contributed by atoms with van der Waals surface area (Å²) in [6, 6.07) is 15.8. The van der Waals surface area contributed by atoms with Crippen LogP contribution in [0.3, 0.4) is 0 Å². The maximum Gasteiger partial charge on any atom is 0.274 e. The van der Waals surface area contributed by atoms with Crippen LogP contribution in [0.1, 0.15) is 23.0 Å². The van der Waals surface area contributed by atoms with E-state index in [-0.39, 0.29) is 5.91 Å². The summed E-state index contributed by atoms with van der Waals surface area (Å²) in [5.74, 6) is 0.830. The lowest BCUT2D eigenvalue weighted by Gasteiger charge is -2.16. The number of anilines is 1. The van der Waals surface area contributed by atoms with Gasteiger partial charge >= 0.3 is 0 Å². The zero-order valence-corrected chi connectivity index (χ0v) is 13.0. The molecule has 1 aliphatic heterocycles. The number of nitrogens with one attached hydrogen (secondary N) is 1. The van der Waals surface area contributed by atoms with Gasteiger partial charge in [0.15, 0.2) is 0 Å². The third kappa shape index (κ3) is 2.36. The van der Waals surface area contributed by atoms with Gasteiger partial charge in [-0.25, -0.2) is 0 Å². The van der Waals surface area contributed by atoms with Crippen LogP contribution in [0.5, 0.6) is 5.75 Å². The molecule has 0 bridgehead atoms. The van der Waals surface area contributed by atoms with E-state index >= 15 is 0 Å². The maximum absolute atomic E-state index is 12.9. The van der Waals surface area contributed by atoms with E-state index in [2.05, 4.69) is 11.1 Å². The molecule has 0 saturated carbocycles. The molecule has 3 aromatic rings. The standard InChI is InChI=1S/C19H18N2O2/c1-2-23-15-8-7-14-11-17(20-16(14)12-15)19(22)21-10-9-13-5-3-4-6-18(13)21/h3-8,11-12,20H,2,9-10H2,1H3. The summed E-state index contributed by atoms with van der Waals surface area (Å²) in [6.07, 6.45) is 0.913. The molecule has 0 radical (unpaired) electrons. The Kier molecular flexibility index (Phi) is 3.30. The minimum absolute atomic E-state index is 0.0177. The van der Waals surface area contributed by atoms with Crippen LogP contribution in [-0.2, 0) is 6.42 Å². The fraction of sp³-hybridized carbons (Fsp3) is 0.211. The second-order valence-corrected chi connectivity index (χ2v) is 5.70. The van der Waals surface area contributed by atoms with E-state index in [9.17, 15) is 4.79 Å². The van der Waals surface area contributed by atoms with E-state index in [4.69, 9.17) is 4.74 Å². The van der Waals surface area contributed by atoms with Gasteiger partial charge in [-0.1, -0.05) is 18.2 Å². The Morgan fingerprint density at radius 1 is 1.22 bits per heavy atom. The summed E-state index contributed by atoms with van der Waals surface area (Å²) >= 11 is 0. The van der Waals surface area contributed by atoms with Gasteiger partial charge in [0.25, 0.3) is 5.91 Å². The van der Waals surface area contributed by atoms with E-state index in [1.54, 1.807) is 0 Å². The van der Waals surface area contributed by atoms with Crippen molar-refractivity contribution in [1.82, 2.24) is 4.98 Å². The van der Waals surface area contributed by atoms with Gasteiger partial charge in [-0.05, 0) is 43.2 Å². The lowest BCUT2D eigenvalue weighted by molar-refractivity contribution is 0.0985. The number of nitrogens with zero attached hydrogens (tertiary/aromatic N) is 1. The summed E-state index contributed by atoms with van der Waals surface area (Å²) in [7, 11) is 0. The number of H-pyrrole nitrogens is 1. The van der Waals surface area contributed by atoms with Crippen molar-refractivity contribution in [1.29, 1.82) is 0 Å². The molecule has 1 aliphatic rings. The minimum Gasteiger partial charge on any atom is -0.494 e. The molecule has 1 N–H and O–H groups in total. The molecule has 0 atom stereocenters. The SMILES string of the molecule is CCOc1ccc2cc(C(=O)N3CCc4ccccc43)[nH]c2c1. The minimum atomic E-state index is 0.0177. The molecule has 4 rings (SSSR count). The van der Waals surface area contributed by atoms with Gasteiger partial charge in [-0.3, -0.25) is 4.79 Å². The molecule has 2 aromatic carbocycles. The Morgan fingerprint density at radius 3 is 2.96 bits per heavy atom. The number of hydrogen-bond acceptors (Lipinski definition) is 2. The number of carbonyl (C=O) groups is 1. The summed E-state index contributed by atoms with van der Waals surface area (Å²) in [5, 5.41) is 1.02. The number of amides is 1. The number of aromatic nitrogens is 1. The van der Waals surface area contributed by atoms with Gasteiger partial charge in [0, 0.05) is 29.2 Å². The molecule has 1 aromatic heterocycles. The second kappa shape index (κ2) is 5.47. The Morgan fingerprint density at radius 2 is 2.09 bits per heavy atom. The van der Waals surface area contributed by atoms with Crippen LogP contribution in [0, 0.1) is 0 Å². The molecule has 23 heavy (non-hydrogen) atoms. The number of ether oxygens (including phenoxy) is 1. The van der Waals surface area contributed by atoms with Crippen molar-refractivity contribution in [2.75, 3.05) is 18.1 Å². The fourth-order valence-electron chi connectivity index (χ4n) is 3.17. The average Bonchev–Trinajstić information content (AvgIpc) is 3.18. The third-order valence-corrected chi connectivity index (χ3v) is 4.27. The highest BCUT2D eigenvalue weighted by molar-refractivity contribution is 6.08. The number of hydrogen-bond donors (Lipinski definition) is 1. The van der Waals surface area contributed by atoms with Crippen molar-refractivity contribution in [3.05, 3.63) is 59.8 Å². The first kappa shape index (κ1) is 13.9. The quantitative estimate of drug-likeness (QED) is 0.800. The highest BCUT2D eigenvalue weighted by Gasteiger charge is 2.26. The van der Waals surface area contributed by atoms with E-state index in [0.29, 0.717) is 12.3 Å². The van der Waals surface area contributed by atoms with Gasteiger partial charge in [0.2, 0.25) is 0 Å². The highest BCUT2D eigenvalue weighted by Crippen LogP contribution is 2.29. The van der Waals surface area contributed by atoms with Crippen LogP contribution >= 0.6 is 0 Å². The van der Waals surface area contributed by atoms with Crippen LogP contribution < -0.4 is 9.64 Å². The second-order valence-electron chi connectivity index (χ2n) is 5.70. The number of carbonyl (C=O) groups excluding carboxylic acids is 1. The van der Waals surface area contributed by atoms with Crippen molar-refractivity contribution in [3.63, 3.8) is 0 Å². The van der Waals surface area contributed by atoms with Gasteiger partial charge in [-0.15, -0.1) is 0 Å². The predicted molar refractivity (Wildman–Crippen MR) is 91.3 cm³/mol. The summed E-state index contributed by atoms with van der Waals surface area (Å²) in [4.78, 5) is 17.9.